The highest BCUT2D eigenvalue weighted by Gasteiger charge is 2.13. The Morgan fingerprint density at radius 1 is 1.29 bits per heavy atom. The van der Waals surface area contributed by atoms with Crippen LogP contribution in [-0.2, 0) is 4.74 Å². The summed E-state index contributed by atoms with van der Waals surface area (Å²) in [6, 6.07) is 7.98. The van der Waals surface area contributed by atoms with Crippen LogP contribution >= 0.6 is 11.3 Å². The zero-order valence-corrected chi connectivity index (χ0v) is 12.8. The largest absolute Gasteiger partial charge is 0.378 e. The van der Waals surface area contributed by atoms with E-state index >= 15 is 0 Å². The van der Waals surface area contributed by atoms with Gasteiger partial charge in [-0.2, -0.15) is 11.3 Å². The molecule has 1 aromatic heterocycles. The molecule has 1 fully saturated rings. The Labute approximate surface area is 128 Å². The first-order valence-electron chi connectivity index (χ1n) is 7.01. The Bertz CT molecular complexity index is 619. The first-order valence-corrected chi connectivity index (χ1v) is 7.95. The summed E-state index contributed by atoms with van der Waals surface area (Å²) >= 11 is 1.52. The minimum absolute atomic E-state index is 0.0570. The molecule has 0 saturated carbocycles. The molecule has 1 N–H and O–H groups in total. The van der Waals surface area contributed by atoms with E-state index in [0.717, 1.165) is 37.6 Å². The number of morpholine rings is 1. The molecule has 0 spiro atoms. The van der Waals surface area contributed by atoms with Gasteiger partial charge in [0, 0.05) is 29.8 Å². The van der Waals surface area contributed by atoms with Gasteiger partial charge in [0.25, 0.3) is 5.91 Å². The zero-order valence-electron chi connectivity index (χ0n) is 12.0. The number of nitrogens with one attached hydrogen (secondary N) is 1. The molecule has 2 heterocycles. The lowest BCUT2D eigenvalue weighted by Crippen LogP contribution is -2.36. The molecule has 5 heteroatoms. The summed E-state index contributed by atoms with van der Waals surface area (Å²) in [5.41, 5.74) is 3.83. The number of thiophene rings is 1. The Balaban J connectivity index is 1.73. The zero-order chi connectivity index (χ0) is 14.7. The van der Waals surface area contributed by atoms with E-state index in [2.05, 4.69) is 22.3 Å². The Kier molecular flexibility index (Phi) is 4.22. The van der Waals surface area contributed by atoms with Crippen molar-refractivity contribution in [2.75, 3.05) is 36.5 Å². The molecule has 0 bridgehead atoms. The average molecular weight is 302 g/mol. The second-order valence-corrected chi connectivity index (χ2v) is 5.84. The number of amides is 1. The van der Waals surface area contributed by atoms with Crippen LogP contribution in [0.25, 0.3) is 0 Å². The van der Waals surface area contributed by atoms with Crippen LogP contribution in [0.4, 0.5) is 11.4 Å². The predicted molar refractivity (Wildman–Crippen MR) is 86.5 cm³/mol. The van der Waals surface area contributed by atoms with Gasteiger partial charge in [-0.3, -0.25) is 4.79 Å². The lowest BCUT2D eigenvalue weighted by molar-refractivity contribution is 0.102. The van der Waals surface area contributed by atoms with E-state index in [1.165, 1.54) is 17.0 Å². The summed E-state index contributed by atoms with van der Waals surface area (Å²) in [6.45, 7) is 5.40. The smallest absolute Gasteiger partial charge is 0.256 e. The van der Waals surface area contributed by atoms with Crippen LogP contribution in [0, 0.1) is 6.92 Å². The van der Waals surface area contributed by atoms with E-state index < -0.39 is 0 Å². The van der Waals surface area contributed by atoms with Gasteiger partial charge in [-0.15, -0.1) is 0 Å². The lowest BCUT2D eigenvalue weighted by Gasteiger charge is -2.29. The molecule has 0 aliphatic carbocycles. The van der Waals surface area contributed by atoms with Crippen LogP contribution < -0.4 is 10.2 Å². The molecule has 0 unspecified atom stereocenters. The van der Waals surface area contributed by atoms with Crippen molar-refractivity contribution in [3.8, 4) is 0 Å². The van der Waals surface area contributed by atoms with Gasteiger partial charge in [0.1, 0.15) is 0 Å². The fraction of sp³-hybridized carbons (Fsp3) is 0.312. The van der Waals surface area contributed by atoms with Crippen molar-refractivity contribution in [1.82, 2.24) is 0 Å². The van der Waals surface area contributed by atoms with Crippen molar-refractivity contribution in [1.29, 1.82) is 0 Å². The monoisotopic (exact) mass is 302 g/mol. The summed E-state index contributed by atoms with van der Waals surface area (Å²) in [6.07, 6.45) is 0. The highest BCUT2D eigenvalue weighted by atomic mass is 32.1. The third-order valence-corrected chi connectivity index (χ3v) is 4.30. The van der Waals surface area contributed by atoms with Gasteiger partial charge in [0.15, 0.2) is 0 Å². The first-order chi connectivity index (χ1) is 10.2. The van der Waals surface area contributed by atoms with Crippen LogP contribution in [0.1, 0.15) is 15.9 Å². The molecule has 1 aromatic carbocycles. The van der Waals surface area contributed by atoms with Crippen molar-refractivity contribution in [3.63, 3.8) is 0 Å². The average Bonchev–Trinajstić information content (AvgIpc) is 3.04. The van der Waals surface area contributed by atoms with Crippen LogP contribution in [-0.4, -0.2) is 32.2 Å². The fourth-order valence-electron chi connectivity index (χ4n) is 2.39. The molecule has 1 aliphatic rings. The molecule has 1 amide bonds. The van der Waals surface area contributed by atoms with Gasteiger partial charge in [-0.05, 0) is 42.1 Å². The highest BCUT2D eigenvalue weighted by molar-refractivity contribution is 7.08. The second kappa shape index (κ2) is 6.28. The van der Waals surface area contributed by atoms with Crippen molar-refractivity contribution < 1.29 is 9.53 Å². The lowest BCUT2D eigenvalue weighted by atomic mass is 10.1. The molecule has 1 aliphatic heterocycles. The van der Waals surface area contributed by atoms with Crippen LogP contribution in [0.15, 0.2) is 35.0 Å². The summed E-state index contributed by atoms with van der Waals surface area (Å²) in [4.78, 5) is 14.4. The molecular formula is C16H18N2O2S. The molecule has 110 valence electrons. The number of anilines is 2. The van der Waals surface area contributed by atoms with Gasteiger partial charge in [0.05, 0.1) is 18.8 Å². The number of carbonyl (C=O) groups is 1. The van der Waals surface area contributed by atoms with Gasteiger partial charge in [-0.25, -0.2) is 0 Å². The van der Waals surface area contributed by atoms with E-state index in [4.69, 9.17) is 4.74 Å². The molecule has 4 nitrogen and oxygen atoms in total. The topological polar surface area (TPSA) is 41.6 Å². The van der Waals surface area contributed by atoms with Crippen molar-refractivity contribution in [2.45, 2.75) is 6.92 Å². The molecule has 0 radical (unpaired) electrons. The molecule has 0 atom stereocenters. The van der Waals surface area contributed by atoms with Gasteiger partial charge in [-0.1, -0.05) is 0 Å². The molecule has 21 heavy (non-hydrogen) atoms. The maximum Gasteiger partial charge on any atom is 0.256 e. The second-order valence-electron chi connectivity index (χ2n) is 5.06. The number of rotatable bonds is 3. The van der Waals surface area contributed by atoms with Crippen LogP contribution in [0.3, 0.4) is 0 Å². The fourth-order valence-corrected chi connectivity index (χ4v) is 3.03. The van der Waals surface area contributed by atoms with Crippen molar-refractivity contribution in [3.05, 3.63) is 46.2 Å². The Morgan fingerprint density at radius 2 is 2.10 bits per heavy atom. The van der Waals surface area contributed by atoms with Gasteiger partial charge < -0.3 is 15.0 Å². The molecule has 3 rings (SSSR count). The SMILES string of the molecule is Cc1cc(N2CCOCC2)ccc1NC(=O)c1ccsc1. The first kappa shape index (κ1) is 14.1. The normalized spacial score (nSPS) is 15.0. The number of nitrogens with zero attached hydrogens (tertiary/aromatic N) is 1. The van der Waals surface area contributed by atoms with E-state index in [9.17, 15) is 4.79 Å². The summed E-state index contributed by atoms with van der Waals surface area (Å²) in [5.74, 6) is -0.0570. The minimum atomic E-state index is -0.0570. The van der Waals surface area contributed by atoms with Crippen molar-refractivity contribution in [2.24, 2.45) is 0 Å². The summed E-state index contributed by atoms with van der Waals surface area (Å²) < 4.78 is 5.37. The summed E-state index contributed by atoms with van der Waals surface area (Å²) in [7, 11) is 0. The van der Waals surface area contributed by atoms with E-state index in [1.807, 2.05) is 29.8 Å². The Hall–Kier alpha value is -1.85. The molecule has 2 aromatic rings. The van der Waals surface area contributed by atoms with E-state index in [1.54, 1.807) is 0 Å². The quantitative estimate of drug-likeness (QED) is 0.947. The minimum Gasteiger partial charge on any atom is -0.378 e. The van der Waals surface area contributed by atoms with Crippen LogP contribution in [0.2, 0.25) is 0 Å². The number of benzene rings is 1. The number of ether oxygens (including phenoxy) is 1. The van der Waals surface area contributed by atoms with E-state index in [0.29, 0.717) is 5.56 Å². The maximum atomic E-state index is 12.1. The predicted octanol–water partition coefficient (Wildman–Crippen LogP) is 3.15. The maximum absolute atomic E-state index is 12.1. The number of hydrogen-bond donors (Lipinski definition) is 1. The van der Waals surface area contributed by atoms with Crippen LogP contribution in [0.5, 0.6) is 0 Å². The van der Waals surface area contributed by atoms with E-state index in [-0.39, 0.29) is 5.91 Å². The van der Waals surface area contributed by atoms with Gasteiger partial charge >= 0.3 is 0 Å². The standard InChI is InChI=1S/C16H18N2O2S/c1-12-10-14(18-5-7-20-8-6-18)2-3-15(12)17-16(19)13-4-9-21-11-13/h2-4,9-11H,5-8H2,1H3,(H,17,19). The molecular weight excluding hydrogens is 284 g/mol. The number of hydrogen-bond acceptors (Lipinski definition) is 4. The third kappa shape index (κ3) is 3.25. The highest BCUT2D eigenvalue weighted by Crippen LogP contribution is 2.24. The third-order valence-electron chi connectivity index (χ3n) is 3.62. The number of aryl methyl sites for hydroxylation is 1. The number of carbonyl (C=O) groups excluding carboxylic acids is 1. The van der Waals surface area contributed by atoms with Crippen molar-refractivity contribution >= 4 is 28.6 Å². The summed E-state index contributed by atoms with van der Waals surface area (Å²) in [5, 5.41) is 6.73. The van der Waals surface area contributed by atoms with Gasteiger partial charge in [0.2, 0.25) is 0 Å². The Morgan fingerprint density at radius 3 is 2.76 bits per heavy atom. The molecule has 1 saturated heterocycles.